The van der Waals surface area contributed by atoms with Crippen LogP contribution < -0.4 is 15.4 Å². The van der Waals surface area contributed by atoms with Crippen molar-refractivity contribution in [1.82, 2.24) is 19.8 Å². The van der Waals surface area contributed by atoms with Gasteiger partial charge >= 0.3 is 6.01 Å². The molecule has 2 aromatic carbocycles. The molecule has 5 rings (SSSR count). The number of hydrogen-bond acceptors (Lipinski definition) is 8. The highest BCUT2D eigenvalue weighted by molar-refractivity contribution is 7.59. The second kappa shape index (κ2) is 18.3. The molecule has 1 aromatic heterocycles. The first-order chi connectivity index (χ1) is 20.9. The zero-order valence-corrected chi connectivity index (χ0v) is 28.3. The average Bonchev–Trinajstić information content (AvgIpc) is 3.43. The van der Waals surface area contributed by atoms with Gasteiger partial charge in [0.15, 0.2) is 0 Å². The van der Waals surface area contributed by atoms with Crippen molar-refractivity contribution < 1.29 is 14.6 Å². The maximum Gasteiger partial charge on any atom is 0.318 e. The number of anilines is 2. The number of nitrogen functional groups attached to an aromatic ring is 1. The second-order valence-corrected chi connectivity index (χ2v) is 10.8. The minimum atomic E-state index is -0.335. The first kappa shape index (κ1) is 37.5. The standard InChI is InChI=1S/C23H27N5O.C10H14N2O2.2H2S/c1-27-12-5-8-17(27)15-29-23-25-20-14-28(13-11-19(20)22(24)26-23)21-10-4-7-16-6-2-3-9-18(16)21;1-4-12(9(2)8-11-3)10(14)6-5-7-13;;/h2-4,6-7,9-10,17H,5,8,11-15H2,1H3,(H2,24,25,26);9,13H,4,7-8H2,1-2H3;2*1H2/t17-;9-;;/m01../s1. The number of nitrogens with zero attached hydrogens (tertiary/aromatic N) is 6. The van der Waals surface area contributed by atoms with Gasteiger partial charge in [0.1, 0.15) is 25.1 Å². The van der Waals surface area contributed by atoms with Crippen LogP contribution in [0.5, 0.6) is 6.01 Å². The number of aliphatic hydroxyl groups excluding tert-OH is 1. The van der Waals surface area contributed by atoms with E-state index in [4.69, 9.17) is 27.1 Å². The molecule has 3 heterocycles. The number of fused-ring (bicyclic) bond motifs is 2. The summed E-state index contributed by atoms with van der Waals surface area (Å²) in [4.78, 5) is 30.0. The van der Waals surface area contributed by atoms with Crippen LogP contribution in [0.4, 0.5) is 11.5 Å². The zero-order chi connectivity index (χ0) is 30.8. The summed E-state index contributed by atoms with van der Waals surface area (Å²) in [7, 11) is 2.14. The summed E-state index contributed by atoms with van der Waals surface area (Å²) in [5.74, 6) is 4.83. The number of rotatable bonds is 7. The van der Waals surface area contributed by atoms with Crippen molar-refractivity contribution in [2.45, 2.75) is 51.7 Å². The van der Waals surface area contributed by atoms with Crippen LogP contribution in [-0.2, 0) is 17.8 Å². The quantitative estimate of drug-likeness (QED) is 0.295. The molecular weight excluding hydrogens is 607 g/mol. The highest BCUT2D eigenvalue weighted by Gasteiger charge is 2.25. The fraction of sp³-hybridized carbons (Fsp3) is 0.455. The Morgan fingerprint density at radius 3 is 2.67 bits per heavy atom. The molecule has 1 amide bonds. The number of likely N-dealkylation sites (tertiary alicyclic amines) is 1. The Morgan fingerprint density at radius 1 is 1.22 bits per heavy atom. The van der Waals surface area contributed by atoms with Crippen LogP contribution in [0.1, 0.15) is 37.9 Å². The van der Waals surface area contributed by atoms with Crippen LogP contribution in [0, 0.1) is 18.4 Å². The predicted octanol–water partition coefficient (Wildman–Crippen LogP) is 3.61. The van der Waals surface area contributed by atoms with Gasteiger partial charge in [-0.2, -0.15) is 37.0 Å². The van der Waals surface area contributed by atoms with Crippen molar-refractivity contribution in [2.24, 2.45) is 0 Å². The SMILES string of the molecule is CN1CCC[C@H]1COc1nc(N)c2c(n1)CN(c1cccc3ccccc13)CC2.S.S.[C-]#[N+]C[C@@H](C)N(CC)C(=O)C#CCO. The molecule has 1 fully saturated rings. The number of ether oxygens (including phenoxy) is 1. The predicted molar refractivity (Wildman–Crippen MR) is 190 cm³/mol. The van der Waals surface area contributed by atoms with E-state index >= 15 is 0 Å². The number of hydrogen-bond donors (Lipinski definition) is 2. The molecule has 2 atom stereocenters. The van der Waals surface area contributed by atoms with Gasteiger partial charge in [0.05, 0.1) is 12.2 Å². The number of likely N-dealkylation sites (N-methyl/N-ethyl adjacent to an activating group) is 2. The molecule has 0 unspecified atom stereocenters. The van der Waals surface area contributed by atoms with Gasteiger partial charge in [-0.3, -0.25) is 4.79 Å². The highest BCUT2D eigenvalue weighted by atomic mass is 32.1. The Balaban J connectivity index is 0.000000381. The third kappa shape index (κ3) is 9.65. The number of carbonyl (C=O) groups excluding carboxylic acids is 1. The zero-order valence-electron chi connectivity index (χ0n) is 26.3. The summed E-state index contributed by atoms with van der Waals surface area (Å²) in [6.07, 6.45) is 3.22. The normalized spacial score (nSPS) is 15.9. The van der Waals surface area contributed by atoms with E-state index in [1.165, 1.54) is 27.8 Å². The molecule has 1 saturated heterocycles. The topological polar surface area (TPSA) is 112 Å². The number of benzene rings is 2. The molecule has 0 radical (unpaired) electrons. The lowest BCUT2D eigenvalue weighted by molar-refractivity contribution is -0.126. The Kier molecular flexibility index (Phi) is 15.3. The van der Waals surface area contributed by atoms with E-state index in [-0.39, 0.29) is 52.1 Å². The Labute approximate surface area is 280 Å². The summed E-state index contributed by atoms with van der Waals surface area (Å²) in [6.45, 7) is 14.2. The third-order valence-corrected chi connectivity index (χ3v) is 8.02. The largest absolute Gasteiger partial charge is 0.462 e. The van der Waals surface area contributed by atoms with E-state index in [0.717, 1.165) is 43.7 Å². The van der Waals surface area contributed by atoms with Gasteiger partial charge in [-0.05, 0) is 64.1 Å². The van der Waals surface area contributed by atoms with Gasteiger partial charge in [-0.1, -0.05) is 42.3 Å². The van der Waals surface area contributed by atoms with Crippen LogP contribution in [0.3, 0.4) is 0 Å². The minimum Gasteiger partial charge on any atom is -0.462 e. The molecule has 0 aliphatic carbocycles. The molecule has 12 heteroatoms. The Morgan fingerprint density at radius 2 is 1.98 bits per heavy atom. The molecule has 0 saturated carbocycles. The average molecular weight is 652 g/mol. The summed E-state index contributed by atoms with van der Waals surface area (Å²) >= 11 is 0. The van der Waals surface area contributed by atoms with E-state index in [1.54, 1.807) is 6.92 Å². The number of aliphatic hydroxyl groups is 1. The first-order valence-corrected chi connectivity index (χ1v) is 14.8. The van der Waals surface area contributed by atoms with Crippen molar-refractivity contribution in [3.8, 4) is 17.9 Å². The highest BCUT2D eigenvalue weighted by Crippen LogP contribution is 2.32. The van der Waals surface area contributed by atoms with Gasteiger partial charge in [0, 0.05) is 35.8 Å². The molecular formula is C33H45N7O3S2. The third-order valence-electron chi connectivity index (χ3n) is 8.02. The van der Waals surface area contributed by atoms with Crippen molar-refractivity contribution >= 4 is 55.2 Å². The molecule has 3 N–H and O–H groups in total. The van der Waals surface area contributed by atoms with E-state index < -0.39 is 0 Å². The molecule has 3 aromatic rings. The molecule has 10 nitrogen and oxygen atoms in total. The van der Waals surface area contributed by atoms with Gasteiger partial charge in [0.2, 0.25) is 6.54 Å². The van der Waals surface area contributed by atoms with Gasteiger partial charge in [0.25, 0.3) is 5.91 Å². The lowest BCUT2D eigenvalue weighted by atomic mass is 10.0. The second-order valence-electron chi connectivity index (χ2n) is 10.8. The molecule has 242 valence electrons. The van der Waals surface area contributed by atoms with Crippen molar-refractivity contribution in [2.75, 3.05) is 57.1 Å². The summed E-state index contributed by atoms with van der Waals surface area (Å²) < 4.78 is 5.96. The fourth-order valence-electron chi connectivity index (χ4n) is 5.62. The van der Waals surface area contributed by atoms with E-state index in [2.05, 4.69) is 81.0 Å². The Hall–Kier alpha value is -3.68. The lowest BCUT2D eigenvalue weighted by Crippen LogP contribution is -2.39. The van der Waals surface area contributed by atoms with Gasteiger partial charge in [-0.15, -0.1) is 0 Å². The monoisotopic (exact) mass is 651 g/mol. The van der Waals surface area contributed by atoms with Crippen molar-refractivity contribution in [3.63, 3.8) is 0 Å². The Bertz CT molecular complexity index is 1520. The first-order valence-electron chi connectivity index (χ1n) is 14.8. The van der Waals surface area contributed by atoms with E-state index in [0.29, 0.717) is 31.0 Å². The molecule has 2 aliphatic rings. The van der Waals surface area contributed by atoms with E-state index in [9.17, 15) is 4.79 Å². The smallest absolute Gasteiger partial charge is 0.318 e. The summed E-state index contributed by atoms with van der Waals surface area (Å²) in [5.41, 5.74) is 9.54. The summed E-state index contributed by atoms with van der Waals surface area (Å²) in [5, 5.41) is 10.9. The lowest BCUT2D eigenvalue weighted by Gasteiger charge is -2.31. The van der Waals surface area contributed by atoms with Crippen LogP contribution in [0.15, 0.2) is 42.5 Å². The maximum absolute atomic E-state index is 11.4. The molecule has 0 spiro atoms. The van der Waals surface area contributed by atoms with E-state index in [1.807, 2.05) is 6.92 Å². The van der Waals surface area contributed by atoms with Crippen LogP contribution >= 0.6 is 27.0 Å². The summed E-state index contributed by atoms with van der Waals surface area (Å²) in [6, 6.07) is 15.7. The fourth-order valence-corrected chi connectivity index (χ4v) is 5.62. The molecule has 0 bridgehead atoms. The maximum atomic E-state index is 11.4. The van der Waals surface area contributed by atoms with Gasteiger partial charge < -0.3 is 35.1 Å². The van der Waals surface area contributed by atoms with Gasteiger partial charge in [-0.25, -0.2) is 6.57 Å². The molecule has 45 heavy (non-hydrogen) atoms. The number of aromatic nitrogens is 2. The minimum absolute atomic E-state index is 0. The van der Waals surface area contributed by atoms with Crippen LogP contribution in [0.2, 0.25) is 0 Å². The van der Waals surface area contributed by atoms with Crippen molar-refractivity contribution in [1.29, 1.82) is 0 Å². The van der Waals surface area contributed by atoms with Crippen LogP contribution in [-0.4, -0.2) is 89.3 Å². The van der Waals surface area contributed by atoms with Crippen LogP contribution in [0.25, 0.3) is 15.6 Å². The number of amides is 1. The molecule has 2 aliphatic heterocycles. The van der Waals surface area contributed by atoms with Crippen molar-refractivity contribution in [3.05, 3.63) is 65.1 Å². The number of carbonyl (C=O) groups is 1. The number of nitrogens with two attached hydrogens (primary N) is 1.